The maximum Gasteiger partial charge on any atom is 0.0740 e. The van der Waals surface area contributed by atoms with Crippen LogP contribution in [0.1, 0.15) is 22.3 Å². The standard InChI is InChI=1S/C59H34S/c1-2-15-37-31-38(26-25-35(37)13-1)48-33-50-44-20-8-6-18-42(44)49(34-51(50)43-19-7-5-17-41(43)48)39-27-29-45-54(32-39)59(53-30-28-36-14-3-4-16-40(36)56(45)53)52-23-11-9-21-46(52)58-57(59)47-22-10-12-24-55(47)60-58/h1-34H. The van der Waals surface area contributed by atoms with Crippen LogP contribution >= 0.6 is 11.3 Å². The van der Waals surface area contributed by atoms with Gasteiger partial charge in [0, 0.05) is 9.58 Å². The van der Waals surface area contributed by atoms with Crippen molar-refractivity contribution >= 4 is 75.3 Å². The van der Waals surface area contributed by atoms with Gasteiger partial charge >= 0.3 is 0 Å². The third kappa shape index (κ3) is 4.15. The van der Waals surface area contributed by atoms with Crippen LogP contribution in [-0.2, 0) is 5.41 Å². The van der Waals surface area contributed by atoms with Crippen molar-refractivity contribution in [2.75, 3.05) is 0 Å². The van der Waals surface area contributed by atoms with Crippen molar-refractivity contribution < 1.29 is 0 Å². The van der Waals surface area contributed by atoms with Gasteiger partial charge in [-0.3, -0.25) is 0 Å². The van der Waals surface area contributed by atoms with Gasteiger partial charge < -0.3 is 0 Å². The number of benzene rings is 11. The molecular formula is C59H34S. The van der Waals surface area contributed by atoms with Crippen LogP contribution in [0.5, 0.6) is 0 Å². The number of thiophene rings is 1. The maximum atomic E-state index is 2.57. The molecule has 1 heteroatoms. The fourth-order valence-corrected chi connectivity index (χ4v) is 12.7. The second-order valence-corrected chi connectivity index (χ2v) is 17.7. The van der Waals surface area contributed by atoms with E-state index in [1.54, 1.807) is 0 Å². The average molecular weight is 775 g/mol. The summed E-state index contributed by atoms with van der Waals surface area (Å²) in [6.45, 7) is 0. The molecule has 0 fully saturated rings. The molecule has 1 atom stereocenters. The van der Waals surface area contributed by atoms with Crippen LogP contribution < -0.4 is 0 Å². The Bertz CT molecular complexity index is 3840. The van der Waals surface area contributed by atoms with Crippen molar-refractivity contribution in [3.8, 4) is 43.8 Å². The van der Waals surface area contributed by atoms with Crippen LogP contribution in [0.3, 0.4) is 0 Å². The van der Waals surface area contributed by atoms with Gasteiger partial charge in [-0.25, -0.2) is 0 Å². The lowest BCUT2D eigenvalue weighted by atomic mass is 9.69. The number of rotatable bonds is 2. The summed E-state index contributed by atoms with van der Waals surface area (Å²) in [5, 5.41) is 14.1. The van der Waals surface area contributed by atoms with Crippen LogP contribution in [-0.4, -0.2) is 0 Å². The summed E-state index contributed by atoms with van der Waals surface area (Å²) in [7, 11) is 0. The normalized spacial score (nSPS) is 15.1. The molecule has 1 spiro atoms. The summed E-state index contributed by atoms with van der Waals surface area (Å²) in [6, 6.07) is 78.0. The Morgan fingerprint density at radius 1 is 0.300 bits per heavy atom. The predicted molar refractivity (Wildman–Crippen MR) is 257 cm³/mol. The summed E-state index contributed by atoms with van der Waals surface area (Å²) in [6.07, 6.45) is 0. The fraction of sp³-hybridized carbons (Fsp3) is 0.0169. The first-order chi connectivity index (χ1) is 29.8. The molecule has 0 amide bonds. The van der Waals surface area contributed by atoms with Crippen LogP contribution in [0.2, 0.25) is 0 Å². The highest BCUT2D eigenvalue weighted by Crippen LogP contribution is 2.67. The third-order valence-electron chi connectivity index (χ3n) is 13.8. The van der Waals surface area contributed by atoms with E-state index in [-0.39, 0.29) is 0 Å². The molecule has 11 aromatic carbocycles. The predicted octanol–water partition coefficient (Wildman–Crippen LogP) is 16.3. The van der Waals surface area contributed by atoms with Gasteiger partial charge in [-0.2, -0.15) is 0 Å². The Balaban J connectivity index is 1.08. The topological polar surface area (TPSA) is 0 Å². The van der Waals surface area contributed by atoms with E-state index in [0.717, 1.165) is 0 Å². The Hall–Kier alpha value is -7.32. The lowest BCUT2D eigenvalue weighted by Crippen LogP contribution is -2.25. The van der Waals surface area contributed by atoms with E-state index in [1.165, 1.54) is 130 Å². The quantitative estimate of drug-likeness (QED) is 0.153. The number of hydrogen-bond acceptors (Lipinski definition) is 1. The molecule has 0 nitrogen and oxygen atoms in total. The molecule has 1 unspecified atom stereocenters. The SMILES string of the molecule is c1ccc2c(c1)-c1sc3ccccc3c1C21c2cc(-c3cc4c5ccccc5c(-c5ccc6ccccc6c5)cc4c4ccccc34)ccc2-c2c1ccc1ccccc21. The van der Waals surface area contributed by atoms with Gasteiger partial charge in [-0.05, 0) is 151 Å². The molecule has 0 radical (unpaired) electrons. The molecule has 0 aliphatic heterocycles. The lowest BCUT2D eigenvalue weighted by molar-refractivity contribution is 0.803. The maximum absolute atomic E-state index is 2.57. The van der Waals surface area contributed by atoms with E-state index in [4.69, 9.17) is 0 Å². The van der Waals surface area contributed by atoms with E-state index in [0.29, 0.717) is 0 Å². The first-order valence-corrected chi connectivity index (χ1v) is 21.7. The second kappa shape index (κ2) is 11.9. The van der Waals surface area contributed by atoms with Crippen molar-refractivity contribution in [1.82, 2.24) is 0 Å². The van der Waals surface area contributed by atoms with Gasteiger partial charge in [0.05, 0.1) is 5.41 Å². The molecule has 2 aliphatic carbocycles. The summed E-state index contributed by atoms with van der Waals surface area (Å²) in [5.74, 6) is 0. The van der Waals surface area contributed by atoms with Gasteiger partial charge in [0.2, 0.25) is 0 Å². The first-order valence-electron chi connectivity index (χ1n) is 20.9. The molecular weight excluding hydrogens is 741 g/mol. The van der Waals surface area contributed by atoms with Crippen molar-refractivity contribution in [1.29, 1.82) is 0 Å². The second-order valence-electron chi connectivity index (χ2n) is 16.7. The summed E-state index contributed by atoms with van der Waals surface area (Å²) >= 11 is 1.95. The van der Waals surface area contributed by atoms with Crippen molar-refractivity contribution in [2.24, 2.45) is 0 Å². The minimum atomic E-state index is -0.454. The lowest BCUT2D eigenvalue weighted by Gasteiger charge is -2.31. The van der Waals surface area contributed by atoms with E-state index in [1.807, 2.05) is 11.3 Å². The molecule has 276 valence electrons. The fourth-order valence-electron chi connectivity index (χ4n) is 11.4. The van der Waals surface area contributed by atoms with E-state index in [2.05, 4.69) is 206 Å². The molecule has 60 heavy (non-hydrogen) atoms. The summed E-state index contributed by atoms with van der Waals surface area (Å²) < 4.78 is 1.35. The summed E-state index contributed by atoms with van der Waals surface area (Å²) in [4.78, 5) is 1.40. The minimum Gasteiger partial charge on any atom is -0.135 e. The number of hydrogen-bond donors (Lipinski definition) is 0. The Morgan fingerprint density at radius 2 is 0.867 bits per heavy atom. The zero-order chi connectivity index (χ0) is 39.1. The zero-order valence-corrected chi connectivity index (χ0v) is 33.4. The molecule has 0 bridgehead atoms. The highest BCUT2D eigenvalue weighted by Gasteiger charge is 2.53. The molecule has 12 aromatic rings. The van der Waals surface area contributed by atoms with E-state index in [9.17, 15) is 0 Å². The Labute approximate surface area is 351 Å². The molecule has 1 heterocycles. The average Bonchev–Trinajstić information content (AvgIpc) is 3.94. The van der Waals surface area contributed by atoms with E-state index < -0.39 is 5.41 Å². The Kier molecular flexibility index (Phi) is 6.46. The van der Waals surface area contributed by atoms with Crippen LogP contribution in [0.4, 0.5) is 0 Å². The van der Waals surface area contributed by atoms with Crippen LogP contribution in [0, 0.1) is 0 Å². The van der Waals surface area contributed by atoms with Crippen LogP contribution in [0.15, 0.2) is 206 Å². The van der Waals surface area contributed by atoms with Crippen molar-refractivity contribution in [3.63, 3.8) is 0 Å². The highest BCUT2D eigenvalue weighted by molar-refractivity contribution is 7.22. The smallest absolute Gasteiger partial charge is 0.0740 e. The first kappa shape index (κ1) is 32.6. The zero-order valence-electron chi connectivity index (χ0n) is 32.5. The van der Waals surface area contributed by atoms with E-state index >= 15 is 0 Å². The molecule has 2 aliphatic rings. The van der Waals surface area contributed by atoms with Gasteiger partial charge in [0.25, 0.3) is 0 Å². The molecule has 1 aromatic heterocycles. The minimum absolute atomic E-state index is 0.454. The monoisotopic (exact) mass is 774 g/mol. The largest absolute Gasteiger partial charge is 0.135 e. The van der Waals surface area contributed by atoms with Crippen molar-refractivity contribution in [2.45, 2.75) is 5.41 Å². The number of fused-ring (bicyclic) bond motifs is 20. The van der Waals surface area contributed by atoms with Crippen molar-refractivity contribution in [3.05, 3.63) is 229 Å². The molecule has 0 saturated carbocycles. The third-order valence-corrected chi connectivity index (χ3v) is 15.0. The molecule has 14 rings (SSSR count). The Morgan fingerprint density at radius 3 is 1.63 bits per heavy atom. The highest BCUT2D eigenvalue weighted by atomic mass is 32.1. The van der Waals surface area contributed by atoms with Gasteiger partial charge in [-0.15, -0.1) is 11.3 Å². The summed E-state index contributed by atoms with van der Waals surface area (Å²) in [5.41, 5.74) is 14.2. The van der Waals surface area contributed by atoms with Crippen LogP contribution in [0.25, 0.3) is 108 Å². The van der Waals surface area contributed by atoms with Gasteiger partial charge in [0.1, 0.15) is 0 Å². The molecule has 0 saturated heterocycles. The van der Waals surface area contributed by atoms with Gasteiger partial charge in [-0.1, -0.05) is 176 Å². The van der Waals surface area contributed by atoms with Gasteiger partial charge in [0.15, 0.2) is 0 Å². The molecule has 0 N–H and O–H groups in total.